The highest BCUT2D eigenvalue weighted by Crippen LogP contribution is 2.07. The van der Waals surface area contributed by atoms with Crippen molar-refractivity contribution >= 4 is 5.91 Å². The molecule has 0 aliphatic carbocycles. The van der Waals surface area contributed by atoms with Crippen LogP contribution in [0.4, 0.5) is 0 Å². The van der Waals surface area contributed by atoms with Crippen LogP contribution < -0.4 is 22.4 Å². The molecule has 0 aliphatic rings. The summed E-state index contributed by atoms with van der Waals surface area (Å²) in [5.74, 6) is 0.287. The fourth-order valence-electron chi connectivity index (χ4n) is 3.06. The lowest BCUT2D eigenvalue weighted by Crippen LogP contribution is -2.54. The number of allylic oxidation sites excluding steroid dienone is 2. The van der Waals surface area contributed by atoms with Gasteiger partial charge in [0.2, 0.25) is 0 Å². The third kappa shape index (κ3) is 4.72. The first kappa shape index (κ1) is 21.6. The van der Waals surface area contributed by atoms with Crippen molar-refractivity contribution in [2.24, 2.45) is 0 Å². The molecule has 9 heteroatoms. The van der Waals surface area contributed by atoms with E-state index in [1.165, 1.54) is 18.4 Å². The van der Waals surface area contributed by atoms with E-state index in [0.29, 0.717) is 16.9 Å². The van der Waals surface area contributed by atoms with Crippen molar-refractivity contribution in [1.29, 1.82) is 0 Å². The molecule has 0 spiro atoms. The SMILES string of the molecule is C=CCn1c(=O)n(CC=C)c(=O)n(Cc2cccc(C(=O)NCc3ccco3)c2)c1=O. The first-order valence-corrected chi connectivity index (χ1v) is 9.52. The van der Waals surface area contributed by atoms with Crippen molar-refractivity contribution in [1.82, 2.24) is 19.0 Å². The Bertz CT molecular complexity index is 1230. The molecule has 0 saturated carbocycles. The molecule has 160 valence electrons. The number of carbonyl (C=O) groups is 1. The Balaban J connectivity index is 1.92. The van der Waals surface area contributed by atoms with Gasteiger partial charge in [0.05, 0.1) is 32.4 Å². The minimum absolute atomic E-state index is 0.0374. The Morgan fingerprint density at radius 3 is 2.16 bits per heavy atom. The van der Waals surface area contributed by atoms with E-state index in [-0.39, 0.29) is 32.1 Å². The molecule has 0 radical (unpaired) electrons. The predicted octanol–water partition coefficient (Wildman–Crippen LogP) is 1.11. The predicted molar refractivity (Wildman–Crippen MR) is 115 cm³/mol. The summed E-state index contributed by atoms with van der Waals surface area (Å²) in [6, 6.07) is 10.0. The van der Waals surface area contributed by atoms with Crippen LogP contribution in [0.1, 0.15) is 21.7 Å². The highest BCUT2D eigenvalue weighted by atomic mass is 16.3. The summed E-state index contributed by atoms with van der Waals surface area (Å²) in [7, 11) is 0. The van der Waals surface area contributed by atoms with Crippen molar-refractivity contribution < 1.29 is 9.21 Å². The zero-order chi connectivity index (χ0) is 22.4. The molecular weight excluding hydrogens is 400 g/mol. The number of amides is 1. The fraction of sp³-hybridized carbons (Fsp3) is 0.182. The van der Waals surface area contributed by atoms with Gasteiger partial charge in [0, 0.05) is 5.56 Å². The lowest BCUT2D eigenvalue weighted by Gasteiger charge is -2.13. The van der Waals surface area contributed by atoms with Crippen LogP contribution in [0, 0.1) is 0 Å². The minimum atomic E-state index is -0.747. The van der Waals surface area contributed by atoms with Gasteiger partial charge < -0.3 is 9.73 Å². The van der Waals surface area contributed by atoms with Gasteiger partial charge in [0.15, 0.2) is 0 Å². The third-order valence-electron chi connectivity index (χ3n) is 4.54. The molecule has 31 heavy (non-hydrogen) atoms. The first-order chi connectivity index (χ1) is 15.0. The normalized spacial score (nSPS) is 10.6. The lowest BCUT2D eigenvalue weighted by atomic mass is 10.1. The summed E-state index contributed by atoms with van der Waals surface area (Å²) >= 11 is 0. The monoisotopic (exact) mass is 422 g/mol. The standard InChI is InChI=1S/C22H22N4O5/c1-3-10-24-20(28)25(11-4-2)22(30)26(21(24)29)15-16-7-5-8-17(13-16)19(27)23-14-18-9-6-12-31-18/h3-9,12-13H,1-2,10-11,14-15H2,(H,23,27). The maximum absolute atomic E-state index is 12.8. The van der Waals surface area contributed by atoms with E-state index in [1.54, 1.807) is 36.4 Å². The number of carbonyl (C=O) groups excluding carboxylic acids is 1. The number of aromatic nitrogens is 3. The van der Waals surface area contributed by atoms with Gasteiger partial charge in [-0.25, -0.2) is 28.1 Å². The summed E-state index contributed by atoms with van der Waals surface area (Å²) in [5, 5.41) is 2.74. The van der Waals surface area contributed by atoms with Crippen molar-refractivity contribution in [3.63, 3.8) is 0 Å². The van der Waals surface area contributed by atoms with Gasteiger partial charge >= 0.3 is 17.1 Å². The molecule has 0 atom stereocenters. The number of hydrogen-bond donors (Lipinski definition) is 1. The second-order valence-corrected chi connectivity index (χ2v) is 6.69. The van der Waals surface area contributed by atoms with Crippen molar-refractivity contribution in [3.05, 3.63) is 116 Å². The van der Waals surface area contributed by atoms with E-state index >= 15 is 0 Å². The molecule has 0 bridgehead atoms. The van der Waals surface area contributed by atoms with Gasteiger partial charge in [0.1, 0.15) is 5.76 Å². The van der Waals surface area contributed by atoms with Crippen LogP contribution in [0.3, 0.4) is 0 Å². The number of benzene rings is 1. The first-order valence-electron chi connectivity index (χ1n) is 9.52. The summed E-state index contributed by atoms with van der Waals surface area (Å²) in [6.07, 6.45) is 4.32. The summed E-state index contributed by atoms with van der Waals surface area (Å²) in [5.41, 5.74) is -1.30. The number of hydrogen-bond acceptors (Lipinski definition) is 5. The van der Waals surface area contributed by atoms with Crippen LogP contribution in [0.25, 0.3) is 0 Å². The van der Waals surface area contributed by atoms with E-state index in [0.717, 1.165) is 13.7 Å². The molecule has 0 fully saturated rings. The quantitative estimate of drug-likeness (QED) is 0.520. The summed E-state index contributed by atoms with van der Waals surface area (Å²) in [6.45, 7) is 7.15. The number of nitrogens with one attached hydrogen (secondary N) is 1. The Morgan fingerprint density at radius 2 is 1.58 bits per heavy atom. The molecule has 0 aliphatic heterocycles. The maximum Gasteiger partial charge on any atom is 0.336 e. The molecule has 3 aromatic rings. The lowest BCUT2D eigenvalue weighted by molar-refractivity contribution is 0.0948. The largest absolute Gasteiger partial charge is 0.467 e. The number of nitrogens with zero attached hydrogens (tertiary/aromatic N) is 3. The van der Waals surface area contributed by atoms with Gasteiger partial charge in [-0.3, -0.25) is 4.79 Å². The highest BCUT2D eigenvalue weighted by Gasteiger charge is 2.15. The summed E-state index contributed by atoms with van der Waals surface area (Å²) < 4.78 is 8.00. The fourth-order valence-corrected chi connectivity index (χ4v) is 3.06. The zero-order valence-electron chi connectivity index (χ0n) is 16.8. The number of furan rings is 1. The van der Waals surface area contributed by atoms with Crippen LogP contribution in [0.5, 0.6) is 0 Å². The second-order valence-electron chi connectivity index (χ2n) is 6.69. The van der Waals surface area contributed by atoms with E-state index in [4.69, 9.17) is 4.42 Å². The minimum Gasteiger partial charge on any atom is -0.467 e. The van der Waals surface area contributed by atoms with E-state index in [1.807, 2.05) is 0 Å². The van der Waals surface area contributed by atoms with Crippen LogP contribution >= 0.6 is 0 Å². The van der Waals surface area contributed by atoms with Crippen LogP contribution in [-0.4, -0.2) is 19.6 Å². The molecule has 9 nitrogen and oxygen atoms in total. The van der Waals surface area contributed by atoms with Crippen molar-refractivity contribution in [2.75, 3.05) is 0 Å². The molecule has 3 rings (SSSR count). The van der Waals surface area contributed by atoms with Crippen LogP contribution in [-0.2, 0) is 26.2 Å². The van der Waals surface area contributed by atoms with Gasteiger partial charge in [-0.15, -0.1) is 13.2 Å². The van der Waals surface area contributed by atoms with Crippen molar-refractivity contribution in [2.45, 2.75) is 26.2 Å². The smallest absolute Gasteiger partial charge is 0.336 e. The molecular formula is C22H22N4O5. The topological polar surface area (TPSA) is 108 Å². The summed E-state index contributed by atoms with van der Waals surface area (Å²) in [4.78, 5) is 50.4. The molecule has 0 saturated heterocycles. The average molecular weight is 422 g/mol. The third-order valence-corrected chi connectivity index (χ3v) is 4.54. The van der Waals surface area contributed by atoms with E-state index in [2.05, 4.69) is 18.5 Å². The Labute approximate surface area is 177 Å². The van der Waals surface area contributed by atoms with Gasteiger partial charge in [-0.2, -0.15) is 0 Å². The van der Waals surface area contributed by atoms with Gasteiger partial charge in [-0.1, -0.05) is 24.3 Å². The van der Waals surface area contributed by atoms with Crippen molar-refractivity contribution in [3.8, 4) is 0 Å². The molecule has 1 amide bonds. The van der Waals surface area contributed by atoms with Gasteiger partial charge in [-0.05, 0) is 29.8 Å². The van der Waals surface area contributed by atoms with Crippen LogP contribution in [0.2, 0.25) is 0 Å². The van der Waals surface area contributed by atoms with E-state index < -0.39 is 17.1 Å². The van der Waals surface area contributed by atoms with E-state index in [9.17, 15) is 19.2 Å². The molecule has 0 unspecified atom stereocenters. The highest BCUT2D eigenvalue weighted by molar-refractivity contribution is 5.94. The molecule has 2 heterocycles. The number of rotatable bonds is 9. The van der Waals surface area contributed by atoms with Crippen LogP contribution in [0.15, 0.2) is 86.8 Å². The Morgan fingerprint density at radius 1 is 0.935 bits per heavy atom. The Hall–Kier alpha value is -4.14. The molecule has 1 N–H and O–H groups in total. The Kier molecular flexibility index (Phi) is 6.66. The molecule has 2 aromatic heterocycles. The molecule has 1 aromatic carbocycles. The zero-order valence-corrected chi connectivity index (χ0v) is 16.8. The second kappa shape index (κ2) is 9.57. The maximum atomic E-state index is 12.8. The van der Waals surface area contributed by atoms with Gasteiger partial charge in [0.25, 0.3) is 5.91 Å². The average Bonchev–Trinajstić information content (AvgIpc) is 3.29.